The molecule has 6 rings (SSSR count). The number of rotatable bonds is 19. The first-order chi connectivity index (χ1) is 31.0. The third kappa shape index (κ3) is 14.0. The molecule has 1 aromatic rings. The highest BCUT2D eigenvalue weighted by molar-refractivity contribution is 6.35. The molecule has 3 saturated heterocycles. The summed E-state index contributed by atoms with van der Waals surface area (Å²) >= 11 is 6.45. The summed E-state index contributed by atoms with van der Waals surface area (Å²) in [6, 6.07) is 4.76. The number of halogens is 1. The van der Waals surface area contributed by atoms with Crippen molar-refractivity contribution in [3.05, 3.63) is 88.8 Å². The molecule has 3 unspecified atom stereocenters. The second kappa shape index (κ2) is 24.4. The van der Waals surface area contributed by atoms with Crippen LogP contribution in [0.1, 0.15) is 94.8 Å². The van der Waals surface area contributed by atoms with Crippen LogP contribution >= 0.6 is 11.6 Å². The molecule has 3 fully saturated rings. The number of hydrogen-bond donors (Lipinski definition) is 4. The summed E-state index contributed by atoms with van der Waals surface area (Å²) in [5, 5.41) is 19.8. The predicted molar refractivity (Wildman–Crippen MR) is 251 cm³/mol. The minimum absolute atomic E-state index is 0.0211. The van der Waals surface area contributed by atoms with Crippen LogP contribution in [0.25, 0.3) is 0 Å². The quantitative estimate of drug-likeness (QED) is 0.0277. The second-order valence-electron chi connectivity index (χ2n) is 17.1. The maximum atomic E-state index is 13.3. The molecule has 4 N–H and O–H groups in total. The van der Waals surface area contributed by atoms with E-state index in [0.29, 0.717) is 46.9 Å². The molecule has 64 heavy (non-hydrogen) atoms. The van der Waals surface area contributed by atoms with Gasteiger partial charge in [-0.15, -0.1) is 0 Å². The smallest absolute Gasteiger partial charge is 0.260 e. The number of piperazine rings is 1. The molecule has 3 amide bonds. The number of carbonyl (C=O) groups is 4. The van der Waals surface area contributed by atoms with E-state index in [2.05, 4.69) is 47.2 Å². The summed E-state index contributed by atoms with van der Waals surface area (Å²) in [5.74, 6) is -0.120. The lowest BCUT2D eigenvalue weighted by Gasteiger charge is -2.37. The Morgan fingerprint density at radius 2 is 1.73 bits per heavy atom. The Bertz CT molecular complexity index is 2010. The summed E-state index contributed by atoms with van der Waals surface area (Å²) in [6.45, 7) is 16.2. The van der Waals surface area contributed by atoms with E-state index >= 15 is 0 Å². The second-order valence-corrected chi connectivity index (χ2v) is 17.5. The zero-order valence-electron chi connectivity index (χ0n) is 37.5. The highest BCUT2D eigenvalue weighted by Gasteiger charge is 2.38. The number of allylic oxidation sites excluding steroid dienone is 2. The molecule has 0 aliphatic carbocycles. The maximum Gasteiger partial charge on any atom is 0.260 e. The molecule has 16 heteroatoms. The largest absolute Gasteiger partial charge is 0.487 e. The van der Waals surface area contributed by atoms with Gasteiger partial charge in [0.1, 0.15) is 30.3 Å². The van der Waals surface area contributed by atoms with Crippen molar-refractivity contribution >= 4 is 47.3 Å². The Morgan fingerprint density at radius 1 is 1.02 bits per heavy atom. The van der Waals surface area contributed by atoms with Gasteiger partial charge in [-0.2, -0.15) is 0 Å². The lowest BCUT2D eigenvalue weighted by molar-refractivity contribution is -0.152. The number of nitrogens with one attached hydrogen (secondary N) is 3. The molecular formula is C48H66ClN9O6. The number of aliphatic hydroxyl groups excluding tert-OH is 1. The highest BCUT2D eigenvalue weighted by atomic mass is 35.5. The number of Topliss-reactive ketones (excluding diaryl/α,β-unsaturated/α-hetero) is 1. The van der Waals surface area contributed by atoms with Crippen molar-refractivity contribution in [1.29, 1.82) is 0 Å². The van der Waals surface area contributed by atoms with Gasteiger partial charge >= 0.3 is 0 Å². The van der Waals surface area contributed by atoms with Crippen LogP contribution in [-0.4, -0.2) is 144 Å². The number of nitrogens with zero attached hydrogens (tertiary/aromatic N) is 6. The van der Waals surface area contributed by atoms with Crippen LogP contribution in [0.3, 0.4) is 0 Å². The van der Waals surface area contributed by atoms with E-state index < -0.39 is 24.1 Å². The average Bonchev–Trinajstić information content (AvgIpc) is 3.77. The lowest BCUT2D eigenvalue weighted by Crippen LogP contribution is -2.58. The number of ketones is 1. The van der Waals surface area contributed by atoms with Gasteiger partial charge < -0.3 is 30.3 Å². The van der Waals surface area contributed by atoms with Crippen molar-refractivity contribution < 1.29 is 29.0 Å². The molecule has 346 valence electrons. The van der Waals surface area contributed by atoms with Gasteiger partial charge in [0.2, 0.25) is 11.8 Å². The molecule has 5 aliphatic rings. The molecule has 1 aromatic carbocycles. The van der Waals surface area contributed by atoms with E-state index in [4.69, 9.17) is 16.3 Å². The van der Waals surface area contributed by atoms with Gasteiger partial charge in [-0.3, -0.25) is 39.3 Å². The summed E-state index contributed by atoms with van der Waals surface area (Å²) in [4.78, 5) is 68.6. The number of carbonyl (C=O) groups excluding carboxylic acids is 4. The van der Waals surface area contributed by atoms with Crippen LogP contribution < -0.4 is 20.7 Å². The molecule has 0 saturated carbocycles. The van der Waals surface area contributed by atoms with Crippen molar-refractivity contribution in [2.75, 3.05) is 59.0 Å². The molecule has 0 aromatic heterocycles. The van der Waals surface area contributed by atoms with Gasteiger partial charge in [0.05, 0.1) is 17.7 Å². The third-order valence-corrected chi connectivity index (χ3v) is 12.8. The molecule has 3 atom stereocenters. The van der Waals surface area contributed by atoms with Crippen molar-refractivity contribution in [1.82, 2.24) is 35.6 Å². The van der Waals surface area contributed by atoms with Gasteiger partial charge in [0, 0.05) is 80.1 Å². The summed E-state index contributed by atoms with van der Waals surface area (Å²) in [5.41, 5.74) is 2.09. The zero-order chi connectivity index (χ0) is 45.4. The fourth-order valence-corrected chi connectivity index (χ4v) is 9.01. The number of unbranched alkanes of at least 4 members (excludes halogenated alkanes) is 4. The Kier molecular flexibility index (Phi) is 18.5. The van der Waals surface area contributed by atoms with E-state index in [1.54, 1.807) is 36.8 Å². The van der Waals surface area contributed by atoms with Gasteiger partial charge in [-0.1, -0.05) is 49.6 Å². The maximum absolute atomic E-state index is 13.3. The number of piperidine rings is 2. The Morgan fingerprint density at radius 3 is 2.44 bits per heavy atom. The molecule has 5 aliphatic heterocycles. The van der Waals surface area contributed by atoms with Crippen molar-refractivity contribution in [3.8, 4) is 5.75 Å². The molecule has 15 nitrogen and oxygen atoms in total. The zero-order valence-corrected chi connectivity index (χ0v) is 38.2. The Labute approximate surface area is 383 Å². The topological polar surface area (TPSA) is 172 Å². The fraction of sp³-hybridized carbons (Fsp3) is 0.542. The number of hydrogen-bond acceptors (Lipinski definition) is 11. The minimum atomic E-state index is -1.30. The first kappa shape index (κ1) is 48.5. The van der Waals surface area contributed by atoms with Crippen LogP contribution in [0.5, 0.6) is 5.75 Å². The summed E-state index contributed by atoms with van der Waals surface area (Å²) in [7, 11) is 0. The van der Waals surface area contributed by atoms with Crippen LogP contribution in [0.2, 0.25) is 5.02 Å². The monoisotopic (exact) mass is 899 g/mol. The van der Waals surface area contributed by atoms with E-state index in [9.17, 15) is 24.3 Å². The third-order valence-electron chi connectivity index (χ3n) is 12.4. The van der Waals surface area contributed by atoms with E-state index in [1.807, 2.05) is 38.2 Å². The predicted octanol–water partition coefficient (Wildman–Crippen LogP) is 5.10. The first-order valence-electron chi connectivity index (χ1n) is 23.0. The van der Waals surface area contributed by atoms with Gasteiger partial charge in [-0.05, 0) is 109 Å². The highest BCUT2D eigenvalue weighted by Crippen LogP contribution is 2.28. The first-order valence-corrected chi connectivity index (χ1v) is 23.3. The van der Waals surface area contributed by atoms with Crippen LogP contribution in [0.4, 0.5) is 0 Å². The normalized spacial score (nSPS) is 24.6. The molecule has 0 spiro atoms. The van der Waals surface area contributed by atoms with Gasteiger partial charge in [0.15, 0.2) is 5.78 Å². The van der Waals surface area contributed by atoms with E-state index in [-0.39, 0.29) is 42.6 Å². The number of amidine groups is 1. The number of aliphatic imine (C=N–C) groups is 2. The fourth-order valence-electron chi connectivity index (χ4n) is 8.75. The molecule has 0 bridgehead atoms. The summed E-state index contributed by atoms with van der Waals surface area (Å²) in [6.07, 6.45) is 20.1. The number of imide groups is 1. The number of likely N-dealkylation sites (tertiary alicyclic amines) is 1. The molecular weight excluding hydrogens is 834 g/mol. The standard InChI is InChI=1S/C48H66ClN9O6/c1-4-10-35(3)64-39-14-15-40(41(49)30-39)46(61)36-29-43(51-31-36)53-33-50-32-52-37-19-23-55(24-20-37)21-8-6-5-7-9-22-56-25-27-57(28-26-56)38-12-11-34(2)48(63)58(45(60)18-13-38)42-16-17-44(59)54-47(42)62/h4,10-15,30-31,33,35,37,42,47,52,62H,2,5-9,16-29,32H2,1,3H3,(H,54,59)(H,50,51,53)/b10-4-,12-11-,38-13+. The van der Waals surface area contributed by atoms with Gasteiger partial charge in [-0.25, -0.2) is 4.99 Å². The van der Waals surface area contributed by atoms with Crippen LogP contribution in [0.15, 0.2) is 88.2 Å². The molecule has 5 heterocycles. The van der Waals surface area contributed by atoms with Crippen molar-refractivity contribution in [2.45, 2.75) is 109 Å². The number of amides is 3. The minimum Gasteiger partial charge on any atom is -0.487 e. The van der Waals surface area contributed by atoms with Crippen molar-refractivity contribution in [3.63, 3.8) is 0 Å². The number of benzene rings is 1. The SMILES string of the molecule is C=C1/C=C\C(N2CCN(CCCCCCCN3CCC(NC/N=C\N=C4CC(C(=O)c5ccc(OC(C)/C=C\C)cc5Cl)=CN4)CC3)CC2)=C/CC(=O)N(C2CCC(=O)NC2O)C1=O. The van der Waals surface area contributed by atoms with E-state index in [1.165, 1.54) is 32.1 Å². The average molecular weight is 901 g/mol. The number of ether oxygens (including phenoxy) is 1. The van der Waals surface area contributed by atoms with Gasteiger partial charge in [0.25, 0.3) is 5.91 Å². The Balaban J connectivity index is 0.785. The summed E-state index contributed by atoms with van der Waals surface area (Å²) < 4.78 is 5.82. The van der Waals surface area contributed by atoms with E-state index in [0.717, 1.165) is 75.8 Å². The van der Waals surface area contributed by atoms with Crippen molar-refractivity contribution in [2.24, 2.45) is 9.98 Å². The van der Waals surface area contributed by atoms with Crippen LogP contribution in [0, 0.1) is 0 Å². The molecule has 0 radical (unpaired) electrons. The Hall–Kier alpha value is -4.93. The van der Waals surface area contributed by atoms with Crippen LogP contribution in [-0.2, 0) is 14.4 Å². The number of aliphatic hydroxyl groups is 1. The lowest BCUT2D eigenvalue weighted by atomic mass is 10.0.